The maximum absolute atomic E-state index is 12.2. The molecule has 7 heteroatoms. The number of hydrogen-bond acceptors (Lipinski definition) is 3. The Kier molecular flexibility index (Phi) is 6.00. The summed E-state index contributed by atoms with van der Waals surface area (Å²) in [4.78, 5) is 15.9. The summed E-state index contributed by atoms with van der Waals surface area (Å²) in [6.07, 6.45) is 2.44. The lowest BCUT2D eigenvalue weighted by Crippen LogP contribution is -2.38. The van der Waals surface area contributed by atoms with Crippen molar-refractivity contribution in [2.75, 3.05) is 25.0 Å². The maximum Gasteiger partial charge on any atom is 0.319 e. The van der Waals surface area contributed by atoms with Crippen molar-refractivity contribution < 1.29 is 4.79 Å². The van der Waals surface area contributed by atoms with Crippen molar-refractivity contribution in [2.24, 2.45) is 0 Å². The van der Waals surface area contributed by atoms with Gasteiger partial charge in [-0.25, -0.2) is 4.79 Å². The van der Waals surface area contributed by atoms with E-state index in [9.17, 15) is 4.79 Å². The van der Waals surface area contributed by atoms with Gasteiger partial charge in [0.1, 0.15) is 0 Å². The predicted octanol–water partition coefficient (Wildman–Crippen LogP) is 5.01. The smallest absolute Gasteiger partial charge is 0.319 e. The van der Waals surface area contributed by atoms with Gasteiger partial charge in [-0.3, -0.25) is 4.90 Å². The highest BCUT2D eigenvalue weighted by molar-refractivity contribution is 7.10. The minimum atomic E-state index is -0.242. The number of carbonyl (C=O) groups is 1. The van der Waals surface area contributed by atoms with Crippen LogP contribution in [0.4, 0.5) is 10.5 Å². The molecule has 0 spiro atoms. The van der Waals surface area contributed by atoms with Crippen molar-refractivity contribution in [3.8, 4) is 0 Å². The summed E-state index contributed by atoms with van der Waals surface area (Å²) in [6.45, 7) is 2.74. The summed E-state index contributed by atoms with van der Waals surface area (Å²) in [6, 6.07) is 9.20. The van der Waals surface area contributed by atoms with Crippen molar-refractivity contribution in [1.29, 1.82) is 0 Å². The first kappa shape index (κ1) is 17.5. The van der Waals surface area contributed by atoms with Gasteiger partial charge in [-0.15, -0.1) is 11.3 Å². The summed E-state index contributed by atoms with van der Waals surface area (Å²) < 4.78 is 0. The van der Waals surface area contributed by atoms with Gasteiger partial charge in [-0.1, -0.05) is 29.3 Å². The van der Waals surface area contributed by atoms with Crippen LogP contribution in [0.1, 0.15) is 23.8 Å². The van der Waals surface area contributed by atoms with E-state index in [1.54, 1.807) is 29.5 Å². The van der Waals surface area contributed by atoms with Crippen LogP contribution in [0.3, 0.4) is 0 Å². The number of halogens is 2. The zero-order chi connectivity index (χ0) is 16.9. The van der Waals surface area contributed by atoms with E-state index in [-0.39, 0.29) is 12.1 Å². The number of nitrogens with zero attached hydrogens (tertiary/aromatic N) is 1. The number of benzene rings is 1. The first-order valence-electron chi connectivity index (χ1n) is 7.91. The number of amides is 2. The molecule has 2 N–H and O–H groups in total. The third-order valence-electron chi connectivity index (χ3n) is 4.09. The zero-order valence-electron chi connectivity index (χ0n) is 13.1. The van der Waals surface area contributed by atoms with E-state index in [2.05, 4.69) is 33.0 Å². The van der Waals surface area contributed by atoms with E-state index in [1.165, 1.54) is 17.7 Å². The normalized spacial score (nSPS) is 16.1. The van der Waals surface area contributed by atoms with Crippen molar-refractivity contribution in [3.63, 3.8) is 0 Å². The van der Waals surface area contributed by atoms with Gasteiger partial charge >= 0.3 is 6.03 Å². The fraction of sp³-hybridized carbons (Fsp3) is 0.353. The highest BCUT2D eigenvalue weighted by Gasteiger charge is 2.24. The molecule has 1 aromatic heterocycles. The largest absolute Gasteiger partial charge is 0.336 e. The van der Waals surface area contributed by atoms with E-state index in [4.69, 9.17) is 23.2 Å². The Balaban J connectivity index is 1.59. The number of rotatable bonds is 5. The van der Waals surface area contributed by atoms with Gasteiger partial charge in [-0.05, 0) is 55.6 Å². The first-order valence-corrected chi connectivity index (χ1v) is 9.54. The maximum atomic E-state index is 12.2. The Hall–Kier alpha value is -1.27. The molecule has 1 aromatic carbocycles. The van der Waals surface area contributed by atoms with Gasteiger partial charge in [-0.2, -0.15) is 0 Å². The SMILES string of the molecule is O=C(NC[C@H](c1cccs1)N1CCCC1)Nc1ccc(Cl)c(Cl)c1. The number of nitrogens with one attached hydrogen (secondary N) is 2. The summed E-state index contributed by atoms with van der Waals surface area (Å²) >= 11 is 13.6. The molecular weight excluding hydrogens is 365 g/mol. The zero-order valence-corrected chi connectivity index (χ0v) is 15.4. The highest BCUT2D eigenvalue weighted by Crippen LogP contribution is 2.28. The molecule has 0 aliphatic carbocycles. The van der Waals surface area contributed by atoms with Crippen LogP contribution in [-0.4, -0.2) is 30.6 Å². The Morgan fingerprint density at radius 3 is 2.67 bits per heavy atom. The van der Waals surface area contributed by atoms with E-state index >= 15 is 0 Å². The van der Waals surface area contributed by atoms with E-state index in [1.807, 2.05) is 0 Å². The molecule has 0 bridgehead atoms. The molecule has 1 aliphatic heterocycles. The highest BCUT2D eigenvalue weighted by atomic mass is 35.5. The van der Waals surface area contributed by atoms with Crippen LogP contribution in [0.15, 0.2) is 35.7 Å². The summed E-state index contributed by atoms with van der Waals surface area (Å²) in [5.74, 6) is 0. The van der Waals surface area contributed by atoms with Gasteiger partial charge in [0.2, 0.25) is 0 Å². The number of urea groups is 1. The number of hydrogen-bond donors (Lipinski definition) is 2. The lowest BCUT2D eigenvalue weighted by molar-refractivity contribution is 0.229. The number of carbonyl (C=O) groups excluding carboxylic acids is 1. The molecule has 1 aliphatic rings. The lowest BCUT2D eigenvalue weighted by Gasteiger charge is -2.27. The number of anilines is 1. The fourth-order valence-electron chi connectivity index (χ4n) is 2.88. The van der Waals surface area contributed by atoms with Crippen molar-refractivity contribution in [1.82, 2.24) is 10.2 Å². The van der Waals surface area contributed by atoms with Gasteiger partial charge in [0, 0.05) is 17.1 Å². The monoisotopic (exact) mass is 383 g/mol. The number of thiophene rings is 1. The molecule has 2 aromatic rings. The second kappa shape index (κ2) is 8.21. The average molecular weight is 384 g/mol. The van der Waals surface area contributed by atoms with Crippen molar-refractivity contribution in [2.45, 2.75) is 18.9 Å². The van der Waals surface area contributed by atoms with Crippen LogP contribution in [0.25, 0.3) is 0 Å². The Morgan fingerprint density at radius 2 is 2.00 bits per heavy atom. The number of likely N-dealkylation sites (tertiary alicyclic amines) is 1. The van der Waals surface area contributed by atoms with Crippen LogP contribution < -0.4 is 10.6 Å². The summed E-state index contributed by atoms with van der Waals surface area (Å²) in [5.41, 5.74) is 0.621. The van der Waals surface area contributed by atoms with Crippen LogP contribution in [0.2, 0.25) is 10.0 Å². The molecule has 2 amide bonds. The second-order valence-corrected chi connectivity index (χ2v) is 7.53. The van der Waals surface area contributed by atoms with Crippen molar-refractivity contribution in [3.05, 3.63) is 50.6 Å². The molecule has 1 fully saturated rings. The summed E-state index contributed by atoms with van der Waals surface area (Å²) in [7, 11) is 0. The molecule has 128 valence electrons. The summed E-state index contributed by atoms with van der Waals surface area (Å²) in [5, 5.41) is 8.73. The third-order valence-corrected chi connectivity index (χ3v) is 5.80. The molecule has 3 rings (SSSR count). The Morgan fingerprint density at radius 1 is 1.21 bits per heavy atom. The third kappa shape index (κ3) is 4.42. The van der Waals surface area contributed by atoms with Gasteiger partial charge in [0.05, 0.1) is 16.1 Å². The molecular formula is C17H19Cl2N3OS. The molecule has 0 unspecified atom stereocenters. The van der Waals surface area contributed by atoms with Crippen molar-refractivity contribution >= 4 is 46.3 Å². The first-order chi connectivity index (χ1) is 11.6. The fourth-order valence-corrected chi connectivity index (χ4v) is 4.04. The van der Waals surface area contributed by atoms with Gasteiger partial charge in [0.15, 0.2) is 0 Å². The molecule has 1 atom stereocenters. The Bertz CT molecular complexity index is 687. The molecule has 1 saturated heterocycles. The minimum absolute atomic E-state index is 0.229. The second-order valence-electron chi connectivity index (χ2n) is 5.74. The molecule has 4 nitrogen and oxygen atoms in total. The van der Waals surface area contributed by atoms with E-state index in [0.717, 1.165) is 13.1 Å². The quantitative estimate of drug-likeness (QED) is 0.761. The van der Waals surface area contributed by atoms with E-state index in [0.29, 0.717) is 22.3 Å². The average Bonchev–Trinajstić information content (AvgIpc) is 3.25. The van der Waals surface area contributed by atoms with Crippen LogP contribution in [0.5, 0.6) is 0 Å². The minimum Gasteiger partial charge on any atom is -0.336 e. The Labute approximate surface area is 155 Å². The van der Waals surface area contributed by atoms with Crippen LogP contribution in [0, 0.1) is 0 Å². The lowest BCUT2D eigenvalue weighted by atomic mass is 10.2. The van der Waals surface area contributed by atoms with Crippen LogP contribution in [-0.2, 0) is 0 Å². The van der Waals surface area contributed by atoms with Gasteiger partial charge in [0.25, 0.3) is 0 Å². The predicted molar refractivity (Wildman–Crippen MR) is 101 cm³/mol. The molecule has 2 heterocycles. The molecule has 24 heavy (non-hydrogen) atoms. The standard InChI is InChI=1S/C17H19Cl2N3OS/c18-13-6-5-12(10-14(13)19)21-17(23)20-11-15(16-4-3-9-24-16)22-7-1-2-8-22/h3-6,9-10,15H,1-2,7-8,11H2,(H2,20,21,23)/t15-/m1/s1. The van der Waals surface area contributed by atoms with Crippen LogP contribution >= 0.6 is 34.5 Å². The molecule has 0 saturated carbocycles. The topological polar surface area (TPSA) is 44.4 Å². The molecule has 0 radical (unpaired) electrons. The van der Waals surface area contributed by atoms with E-state index < -0.39 is 0 Å². The van der Waals surface area contributed by atoms with Gasteiger partial charge < -0.3 is 10.6 Å².